The molecule has 0 spiro atoms. The fourth-order valence-corrected chi connectivity index (χ4v) is 2.74. The van der Waals surface area contributed by atoms with Gasteiger partial charge < -0.3 is 21.0 Å². The molecule has 0 amide bonds. The van der Waals surface area contributed by atoms with Gasteiger partial charge in [0.2, 0.25) is 0 Å². The number of benzene rings is 2. The number of nitrogens with two attached hydrogens (primary N) is 1. The van der Waals surface area contributed by atoms with Crippen molar-refractivity contribution in [1.29, 1.82) is 0 Å². The molecule has 0 bridgehead atoms. The standard InChI is InChI=1S/C14H11N7O.C6H7N/c22-14-8-3-1-2-4-9(8)20-10(21-14)5-15-12-11-13(17-6-16-11)19-7-18-12;7-6-4-2-1-3-5-6/h1-4,6-7H,5H2,(H,20,21,22)(H2,15,16,17,18,19);1-5H,7H2. The Bertz CT molecular complexity index is 1300. The number of hydrogen-bond donors (Lipinski definition) is 4. The molecule has 0 aliphatic heterocycles. The summed E-state index contributed by atoms with van der Waals surface area (Å²) in [6, 6.07) is 16.7. The fourth-order valence-electron chi connectivity index (χ4n) is 2.74. The van der Waals surface area contributed by atoms with E-state index < -0.39 is 0 Å². The Morgan fingerprint density at radius 3 is 2.55 bits per heavy atom. The van der Waals surface area contributed by atoms with Crippen LogP contribution in [0.4, 0.5) is 11.5 Å². The van der Waals surface area contributed by atoms with E-state index >= 15 is 0 Å². The highest BCUT2D eigenvalue weighted by Gasteiger charge is 2.07. The first-order chi connectivity index (χ1) is 14.2. The SMILES string of the molecule is Nc1ccccc1.O=c1[nH]c(CNc2ncnc3nc[nH]c23)nc2ccccc12. The minimum atomic E-state index is -0.156. The molecule has 0 aliphatic rings. The number of aromatic amines is 2. The average molecular weight is 386 g/mol. The summed E-state index contributed by atoms with van der Waals surface area (Å²) in [6.07, 6.45) is 2.99. The molecule has 0 radical (unpaired) electrons. The Morgan fingerprint density at radius 1 is 0.966 bits per heavy atom. The van der Waals surface area contributed by atoms with Gasteiger partial charge in [-0.3, -0.25) is 4.79 Å². The number of nitrogens with one attached hydrogen (secondary N) is 3. The Kier molecular flexibility index (Phi) is 5.10. The summed E-state index contributed by atoms with van der Waals surface area (Å²) < 4.78 is 0. The third-order valence-corrected chi connectivity index (χ3v) is 4.11. The van der Waals surface area contributed by atoms with Gasteiger partial charge >= 0.3 is 0 Å². The lowest BCUT2D eigenvalue weighted by atomic mass is 10.2. The molecule has 0 saturated heterocycles. The minimum Gasteiger partial charge on any atom is -0.399 e. The predicted octanol–water partition coefficient (Wildman–Crippen LogP) is 2.47. The first-order valence-corrected chi connectivity index (χ1v) is 8.87. The number of imidazole rings is 1. The molecule has 0 aliphatic carbocycles. The first-order valence-electron chi connectivity index (χ1n) is 8.87. The van der Waals surface area contributed by atoms with E-state index in [1.807, 2.05) is 48.5 Å². The van der Waals surface area contributed by atoms with E-state index in [2.05, 4.69) is 35.2 Å². The van der Waals surface area contributed by atoms with Crippen LogP contribution in [0.5, 0.6) is 0 Å². The van der Waals surface area contributed by atoms with Crippen LogP contribution in [0.2, 0.25) is 0 Å². The second-order valence-corrected chi connectivity index (χ2v) is 6.12. The number of nitrogens with zero attached hydrogens (tertiary/aromatic N) is 4. The largest absolute Gasteiger partial charge is 0.399 e. The summed E-state index contributed by atoms with van der Waals surface area (Å²) >= 11 is 0. The zero-order chi connectivity index (χ0) is 20.1. The van der Waals surface area contributed by atoms with Crippen LogP contribution >= 0.6 is 0 Å². The minimum absolute atomic E-state index is 0.156. The van der Waals surface area contributed by atoms with Crippen molar-refractivity contribution in [3.8, 4) is 0 Å². The summed E-state index contributed by atoms with van der Waals surface area (Å²) in [7, 11) is 0. The fraction of sp³-hybridized carbons (Fsp3) is 0.0500. The molecule has 0 saturated carbocycles. The van der Waals surface area contributed by atoms with Crippen LogP contribution < -0.4 is 16.6 Å². The van der Waals surface area contributed by atoms with Crippen molar-refractivity contribution >= 4 is 33.6 Å². The van der Waals surface area contributed by atoms with Gasteiger partial charge in [-0.2, -0.15) is 0 Å². The monoisotopic (exact) mass is 386 g/mol. The van der Waals surface area contributed by atoms with E-state index in [4.69, 9.17) is 5.73 Å². The van der Waals surface area contributed by atoms with E-state index in [0.29, 0.717) is 40.3 Å². The van der Waals surface area contributed by atoms with Gasteiger partial charge in [0.15, 0.2) is 11.5 Å². The van der Waals surface area contributed by atoms with Gasteiger partial charge in [-0.05, 0) is 24.3 Å². The van der Waals surface area contributed by atoms with E-state index in [-0.39, 0.29) is 5.56 Å². The van der Waals surface area contributed by atoms with Crippen molar-refractivity contribution < 1.29 is 0 Å². The van der Waals surface area contributed by atoms with Gasteiger partial charge in [0.05, 0.1) is 23.8 Å². The zero-order valence-corrected chi connectivity index (χ0v) is 15.3. The lowest BCUT2D eigenvalue weighted by molar-refractivity contribution is 0.945. The lowest BCUT2D eigenvalue weighted by Gasteiger charge is -2.06. The summed E-state index contributed by atoms with van der Waals surface area (Å²) in [6.45, 7) is 0.338. The van der Waals surface area contributed by atoms with Crippen molar-refractivity contribution in [3.05, 3.63) is 83.4 Å². The highest BCUT2D eigenvalue weighted by Crippen LogP contribution is 2.15. The molecular weight excluding hydrogens is 368 g/mol. The topological polar surface area (TPSA) is 138 Å². The predicted molar refractivity (Wildman–Crippen MR) is 112 cm³/mol. The molecule has 5 N–H and O–H groups in total. The van der Waals surface area contributed by atoms with Crippen LogP contribution in [0.15, 0.2) is 72.0 Å². The molecule has 5 aromatic rings. The van der Waals surface area contributed by atoms with Crippen LogP contribution in [0, 0.1) is 0 Å². The number of fused-ring (bicyclic) bond motifs is 2. The maximum Gasteiger partial charge on any atom is 0.258 e. The maximum absolute atomic E-state index is 12.0. The highest BCUT2D eigenvalue weighted by molar-refractivity contribution is 5.82. The molecule has 0 atom stereocenters. The van der Waals surface area contributed by atoms with E-state index in [0.717, 1.165) is 5.69 Å². The number of anilines is 2. The third kappa shape index (κ3) is 4.19. The van der Waals surface area contributed by atoms with Gasteiger partial charge in [-0.15, -0.1) is 0 Å². The second-order valence-electron chi connectivity index (χ2n) is 6.12. The molecule has 9 heteroatoms. The van der Waals surface area contributed by atoms with Crippen LogP contribution in [-0.4, -0.2) is 29.9 Å². The van der Waals surface area contributed by atoms with Crippen LogP contribution in [0.1, 0.15) is 5.82 Å². The summed E-state index contributed by atoms with van der Waals surface area (Å²) in [5.41, 5.74) is 7.98. The van der Waals surface area contributed by atoms with Crippen molar-refractivity contribution in [2.45, 2.75) is 6.54 Å². The molecule has 3 aromatic heterocycles. The molecule has 9 nitrogen and oxygen atoms in total. The maximum atomic E-state index is 12.0. The van der Waals surface area contributed by atoms with Crippen molar-refractivity contribution in [2.24, 2.45) is 0 Å². The molecule has 5 rings (SSSR count). The number of hydrogen-bond acceptors (Lipinski definition) is 7. The van der Waals surface area contributed by atoms with Gasteiger partial charge in [0.1, 0.15) is 17.7 Å². The number of nitrogen functional groups attached to an aromatic ring is 1. The lowest BCUT2D eigenvalue weighted by Crippen LogP contribution is -2.14. The molecule has 144 valence electrons. The van der Waals surface area contributed by atoms with Crippen molar-refractivity contribution in [3.63, 3.8) is 0 Å². The highest BCUT2D eigenvalue weighted by atomic mass is 16.1. The van der Waals surface area contributed by atoms with E-state index in [1.165, 1.54) is 6.33 Å². The van der Waals surface area contributed by atoms with Gasteiger partial charge in [-0.1, -0.05) is 30.3 Å². The third-order valence-electron chi connectivity index (χ3n) is 4.11. The Balaban J connectivity index is 0.000000249. The van der Waals surface area contributed by atoms with Crippen LogP contribution in [0.3, 0.4) is 0 Å². The first kappa shape index (κ1) is 18.1. The average Bonchev–Trinajstić information content (AvgIpc) is 3.23. The summed E-state index contributed by atoms with van der Waals surface area (Å²) in [5, 5.41) is 3.70. The Morgan fingerprint density at radius 2 is 1.76 bits per heavy atom. The summed E-state index contributed by atoms with van der Waals surface area (Å²) in [5.74, 6) is 1.15. The molecule has 29 heavy (non-hydrogen) atoms. The molecule has 3 heterocycles. The number of H-pyrrole nitrogens is 2. The van der Waals surface area contributed by atoms with Crippen molar-refractivity contribution in [2.75, 3.05) is 11.1 Å². The molecule has 0 unspecified atom stereocenters. The van der Waals surface area contributed by atoms with Crippen molar-refractivity contribution in [1.82, 2.24) is 29.9 Å². The van der Waals surface area contributed by atoms with Gasteiger partial charge in [0, 0.05) is 5.69 Å². The van der Waals surface area contributed by atoms with Gasteiger partial charge in [-0.25, -0.2) is 19.9 Å². The number of rotatable bonds is 3. The van der Waals surface area contributed by atoms with E-state index in [1.54, 1.807) is 12.4 Å². The quantitative estimate of drug-likeness (QED) is 0.349. The van der Waals surface area contributed by atoms with Gasteiger partial charge in [0.25, 0.3) is 5.56 Å². The number of aromatic nitrogens is 6. The van der Waals surface area contributed by atoms with E-state index in [9.17, 15) is 4.79 Å². The normalized spacial score (nSPS) is 10.5. The Hall–Kier alpha value is -4.27. The zero-order valence-electron chi connectivity index (χ0n) is 15.3. The van der Waals surface area contributed by atoms with Crippen LogP contribution in [0.25, 0.3) is 22.1 Å². The molecular formula is C20H18N8O. The smallest absolute Gasteiger partial charge is 0.258 e. The van der Waals surface area contributed by atoms with Crippen LogP contribution in [-0.2, 0) is 6.54 Å². The Labute approximate surface area is 165 Å². The summed E-state index contributed by atoms with van der Waals surface area (Å²) in [4.78, 5) is 34.5. The molecule has 0 fully saturated rings. The molecule has 2 aromatic carbocycles. The number of para-hydroxylation sites is 2. The second kappa shape index (κ2) is 8.17.